The minimum atomic E-state index is -1.40. The molecule has 1 aliphatic carbocycles. The molecule has 7 bridgehead atoms. The minimum absolute atomic E-state index is 0.0456. The number of phenolic OH excluding ortho intramolecular Hbond substituents is 1. The highest BCUT2D eigenvalue weighted by molar-refractivity contribution is 6.05. The molecule has 9 heteroatoms. The summed E-state index contributed by atoms with van der Waals surface area (Å²) in [5.41, 5.74) is 4.97. The van der Waals surface area contributed by atoms with Gasteiger partial charge in [0.1, 0.15) is 12.4 Å². The van der Waals surface area contributed by atoms with Gasteiger partial charge in [0, 0.05) is 30.7 Å². The van der Waals surface area contributed by atoms with E-state index in [9.17, 15) is 9.90 Å². The molecule has 0 fully saturated rings. The van der Waals surface area contributed by atoms with Gasteiger partial charge < -0.3 is 28.8 Å². The molecule has 5 heterocycles. The molecule has 9 rings (SSSR count). The number of ether oxygens (including phenoxy) is 5. The molecule has 3 atom stereocenters. The maximum Gasteiger partial charge on any atom is 0.248 e. The number of fused-ring (bicyclic) bond motifs is 2. The lowest BCUT2D eigenvalue weighted by molar-refractivity contribution is -0.136. The van der Waals surface area contributed by atoms with Gasteiger partial charge in [-0.1, -0.05) is 12.1 Å². The number of allylic oxidation sites excluding steroid dienone is 1. The Morgan fingerprint density at radius 2 is 1.63 bits per heavy atom. The maximum absolute atomic E-state index is 14.4. The van der Waals surface area contributed by atoms with Crippen LogP contribution in [0, 0.1) is 0 Å². The van der Waals surface area contributed by atoms with E-state index in [0.717, 1.165) is 54.6 Å². The summed E-state index contributed by atoms with van der Waals surface area (Å²) < 4.78 is 31.0. The van der Waals surface area contributed by atoms with E-state index in [1.165, 1.54) is 25.3 Å². The van der Waals surface area contributed by atoms with E-state index >= 15 is 0 Å². The van der Waals surface area contributed by atoms with Crippen LogP contribution in [0.15, 0.2) is 71.5 Å². The fourth-order valence-corrected chi connectivity index (χ4v) is 7.84. The van der Waals surface area contributed by atoms with Crippen LogP contribution in [-0.4, -0.2) is 80.3 Å². The van der Waals surface area contributed by atoms with E-state index in [4.69, 9.17) is 23.7 Å². The Morgan fingerprint density at radius 1 is 0.870 bits per heavy atom. The van der Waals surface area contributed by atoms with Crippen molar-refractivity contribution in [2.75, 3.05) is 48.0 Å². The molecule has 3 aromatic carbocycles. The van der Waals surface area contributed by atoms with Crippen molar-refractivity contribution in [3.63, 3.8) is 0 Å². The van der Waals surface area contributed by atoms with Crippen molar-refractivity contribution in [1.82, 2.24) is 9.80 Å². The molecule has 46 heavy (non-hydrogen) atoms. The van der Waals surface area contributed by atoms with E-state index < -0.39 is 5.60 Å². The number of rotatable bonds is 2. The number of Topliss-reactive ketones (excluding diaryl/α,β-unsaturated/α-hetero) is 1. The van der Waals surface area contributed by atoms with Crippen LogP contribution in [-0.2, 0) is 28.8 Å². The first-order valence-electron chi connectivity index (χ1n) is 15.9. The lowest BCUT2D eigenvalue weighted by Crippen LogP contribution is -2.61. The second-order valence-electron chi connectivity index (χ2n) is 13.0. The Balaban J connectivity index is 1.35. The van der Waals surface area contributed by atoms with Crippen LogP contribution in [0.5, 0.6) is 34.5 Å². The number of carbonyl (C=O) groups is 1. The number of nitrogens with zero attached hydrogens (tertiary/aromatic N) is 2. The summed E-state index contributed by atoms with van der Waals surface area (Å²) in [5.74, 6) is 2.46. The number of aromatic hydroxyl groups is 1. The summed E-state index contributed by atoms with van der Waals surface area (Å²) in [7, 11) is 7.28. The van der Waals surface area contributed by atoms with Crippen LogP contribution in [0.2, 0.25) is 0 Å². The first-order chi connectivity index (χ1) is 22.3. The van der Waals surface area contributed by atoms with E-state index in [1.807, 2.05) is 30.3 Å². The number of phenols is 1. The Kier molecular flexibility index (Phi) is 6.81. The molecule has 1 spiro atoms. The van der Waals surface area contributed by atoms with Crippen molar-refractivity contribution in [2.45, 2.75) is 43.4 Å². The Hall–Kier alpha value is -4.47. The molecule has 6 aliphatic rings. The zero-order valence-electron chi connectivity index (χ0n) is 26.6. The van der Waals surface area contributed by atoms with Crippen LogP contribution in [0.25, 0.3) is 0 Å². The van der Waals surface area contributed by atoms with Crippen molar-refractivity contribution >= 4 is 5.78 Å². The van der Waals surface area contributed by atoms with Gasteiger partial charge in [-0.3, -0.25) is 14.6 Å². The SMILES string of the molecule is COC1=CC2=C3C(Cc4cc(OC)c(O)c(c4)Oc4ccc(cc4)CC4c5cc6c(cc5CCN4C)OCC3(O6)C1=O)N(C)CC2. The Morgan fingerprint density at radius 3 is 2.41 bits per heavy atom. The molecule has 5 aliphatic heterocycles. The van der Waals surface area contributed by atoms with Crippen LogP contribution in [0.3, 0.4) is 0 Å². The molecule has 3 unspecified atom stereocenters. The van der Waals surface area contributed by atoms with Gasteiger partial charge >= 0.3 is 0 Å². The van der Waals surface area contributed by atoms with Gasteiger partial charge in [-0.2, -0.15) is 0 Å². The van der Waals surface area contributed by atoms with Crippen LogP contribution < -0.4 is 18.9 Å². The summed E-state index contributed by atoms with van der Waals surface area (Å²) >= 11 is 0. The van der Waals surface area contributed by atoms with E-state index in [0.29, 0.717) is 35.2 Å². The fourth-order valence-electron chi connectivity index (χ4n) is 7.84. The second kappa shape index (κ2) is 10.8. The number of methoxy groups -OCH3 is 2. The summed E-state index contributed by atoms with van der Waals surface area (Å²) in [4.78, 5) is 19.1. The summed E-state index contributed by atoms with van der Waals surface area (Å²) in [6.45, 7) is 1.75. The van der Waals surface area contributed by atoms with Crippen LogP contribution in [0.4, 0.5) is 0 Å². The first kappa shape index (κ1) is 29.0. The molecule has 0 saturated heterocycles. The quantitative estimate of drug-likeness (QED) is 0.417. The maximum atomic E-state index is 14.4. The average molecular weight is 623 g/mol. The lowest BCUT2D eigenvalue weighted by atomic mass is 9.72. The van der Waals surface area contributed by atoms with E-state index in [1.54, 1.807) is 0 Å². The monoisotopic (exact) mass is 622 g/mol. The van der Waals surface area contributed by atoms with Crippen molar-refractivity contribution in [3.8, 4) is 34.5 Å². The molecule has 1 N–H and O–H groups in total. The van der Waals surface area contributed by atoms with Crippen molar-refractivity contribution in [3.05, 3.63) is 93.8 Å². The van der Waals surface area contributed by atoms with Gasteiger partial charge in [0.2, 0.25) is 17.1 Å². The summed E-state index contributed by atoms with van der Waals surface area (Å²) in [5, 5.41) is 11.1. The third-order valence-corrected chi connectivity index (χ3v) is 10.4. The third-order valence-electron chi connectivity index (χ3n) is 10.4. The molecule has 238 valence electrons. The largest absolute Gasteiger partial charge is 0.502 e. The normalized spacial score (nSPS) is 25.4. The highest BCUT2D eigenvalue weighted by Gasteiger charge is 2.56. The Bertz CT molecular complexity index is 1810. The summed E-state index contributed by atoms with van der Waals surface area (Å²) in [6.07, 6.45) is 4.81. The van der Waals surface area contributed by atoms with Gasteiger partial charge in [0.05, 0.1) is 14.2 Å². The third kappa shape index (κ3) is 4.47. The molecule has 9 nitrogen and oxygen atoms in total. The zero-order valence-corrected chi connectivity index (χ0v) is 26.6. The Labute approximate surface area is 268 Å². The second-order valence-corrected chi connectivity index (χ2v) is 13.0. The first-order valence-corrected chi connectivity index (χ1v) is 15.9. The number of hydrogen-bond acceptors (Lipinski definition) is 9. The highest BCUT2D eigenvalue weighted by Crippen LogP contribution is 2.50. The smallest absolute Gasteiger partial charge is 0.248 e. The topological polar surface area (TPSA) is 89.9 Å². The molecular formula is C37H38N2O7. The number of hydrogen-bond donors (Lipinski definition) is 1. The van der Waals surface area contributed by atoms with Gasteiger partial charge in [0.15, 0.2) is 28.8 Å². The molecule has 0 saturated carbocycles. The van der Waals surface area contributed by atoms with Crippen molar-refractivity contribution in [1.29, 1.82) is 0 Å². The number of ketones is 1. The van der Waals surface area contributed by atoms with E-state index in [-0.39, 0.29) is 36.0 Å². The van der Waals surface area contributed by atoms with Gasteiger partial charge in [-0.25, -0.2) is 0 Å². The number of carbonyl (C=O) groups excluding carboxylic acids is 1. The number of likely N-dealkylation sites (N-methyl/N-ethyl adjacent to an activating group) is 2. The lowest BCUT2D eigenvalue weighted by Gasteiger charge is -2.48. The van der Waals surface area contributed by atoms with Crippen LogP contribution >= 0.6 is 0 Å². The molecule has 0 amide bonds. The summed E-state index contributed by atoms with van der Waals surface area (Å²) in [6, 6.07) is 15.8. The molecule has 0 aromatic heterocycles. The van der Waals surface area contributed by atoms with Gasteiger partial charge in [0.25, 0.3) is 0 Å². The highest BCUT2D eigenvalue weighted by atomic mass is 16.6. The molecule has 0 radical (unpaired) electrons. The van der Waals surface area contributed by atoms with Crippen molar-refractivity contribution < 1.29 is 33.6 Å². The predicted molar refractivity (Wildman–Crippen MR) is 171 cm³/mol. The molecule has 3 aromatic rings. The minimum Gasteiger partial charge on any atom is -0.502 e. The van der Waals surface area contributed by atoms with Crippen molar-refractivity contribution in [2.24, 2.45) is 0 Å². The predicted octanol–water partition coefficient (Wildman–Crippen LogP) is 5.14. The standard InChI is InChI=1S/C37H38N2O7/c1-38-11-9-23-17-29-30-19-26(23)27(38)13-21-5-7-25(8-6-21)45-32-16-22(15-31(42-3)35(32)40)14-28-34-24(10-12-39(28)2)18-33(43-4)36(41)37(34,46-30)20-44-29/h5-8,15-19,27-28,40H,9-14,20H2,1-4H3. The molecular weight excluding hydrogens is 584 g/mol. The van der Waals surface area contributed by atoms with Crippen LogP contribution in [0.1, 0.15) is 34.7 Å². The van der Waals surface area contributed by atoms with Gasteiger partial charge in [-0.05, 0) is 110 Å². The fraction of sp³-hybridized carbons (Fsp3) is 0.378. The zero-order chi connectivity index (χ0) is 31.7. The van der Waals surface area contributed by atoms with Gasteiger partial charge in [-0.15, -0.1) is 0 Å². The van der Waals surface area contributed by atoms with E-state index in [2.05, 4.69) is 48.2 Å². The average Bonchev–Trinajstić information content (AvgIpc) is 3.06. The number of benzene rings is 3.